The molecular weight excluding hydrogens is 244 g/mol. The molecule has 0 atom stereocenters. The van der Waals surface area contributed by atoms with Gasteiger partial charge in [-0.25, -0.2) is 8.78 Å². The highest BCUT2D eigenvalue weighted by Crippen LogP contribution is 2.23. The van der Waals surface area contributed by atoms with Crippen molar-refractivity contribution in [2.45, 2.75) is 0 Å². The minimum Gasteiger partial charge on any atom is -0.395 e. The van der Waals surface area contributed by atoms with Crippen molar-refractivity contribution in [3.8, 4) is 0 Å². The monoisotopic (exact) mass is 251 g/mol. The minimum atomic E-state index is -0.672. The van der Waals surface area contributed by atoms with Gasteiger partial charge in [-0.2, -0.15) is 0 Å². The van der Waals surface area contributed by atoms with Crippen LogP contribution in [0, 0.1) is 11.6 Å². The third-order valence-corrected chi connectivity index (χ3v) is 2.04. The van der Waals surface area contributed by atoms with Gasteiger partial charge in [0.15, 0.2) is 0 Å². The zero-order chi connectivity index (χ0) is 9.84. The molecule has 0 heterocycles. The van der Waals surface area contributed by atoms with Gasteiger partial charge in [-0.1, -0.05) is 0 Å². The van der Waals surface area contributed by atoms with Crippen molar-refractivity contribution in [2.75, 3.05) is 18.5 Å². The van der Waals surface area contributed by atoms with Gasteiger partial charge in [0.25, 0.3) is 0 Å². The highest BCUT2D eigenvalue weighted by Gasteiger charge is 2.06. The summed E-state index contributed by atoms with van der Waals surface area (Å²) in [5, 5.41) is 11.1. The lowest BCUT2D eigenvalue weighted by Gasteiger charge is -2.06. The first kappa shape index (κ1) is 10.4. The third kappa shape index (κ3) is 2.63. The standard InChI is InChI=1S/C8H8BrF2NO/c9-5-3-8(12-1-2-13)7(11)4-6(5)10/h3-4,12-13H,1-2H2. The van der Waals surface area contributed by atoms with Crippen molar-refractivity contribution in [1.82, 2.24) is 0 Å². The maximum Gasteiger partial charge on any atom is 0.149 e. The van der Waals surface area contributed by atoms with Gasteiger partial charge in [0.2, 0.25) is 0 Å². The van der Waals surface area contributed by atoms with E-state index in [0.717, 1.165) is 6.07 Å². The van der Waals surface area contributed by atoms with E-state index in [-0.39, 0.29) is 23.3 Å². The Morgan fingerprint density at radius 1 is 1.31 bits per heavy atom. The number of benzene rings is 1. The van der Waals surface area contributed by atoms with Crippen molar-refractivity contribution >= 4 is 21.6 Å². The largest absolute Gasteiger partial charge is 0.395 e. The normalized spacial score (nSPS) is 10.2. The van der Waals surface area contributed by atoms with E-state index in [1.54, 1.807) is 0 Å². The molecule has 1 rings (SSSR count). The van der Waals surface area contributed by atoms with Crippen molar-refractivity contribution in [1.29, 1.82) is 0 Å². The maximum absolute atomic E-state index is 12.9. The Morgan fingerprint density at radius 2 is 2.00 bits per heavy atom. The van der Waals surface area contributed by atoms with Crippen LogP contribution in [-0.4, -0.2) is 18.3 Å². The fraction of sp³-hybridized carbons (Fsp3) is 0.250. The predicted octanol–water partition coefficient (Wildman–Crippen LogP) is 2.13. The van der Waals surface area contributed by atoms with E-state index in [1.165, 1.54) is 6.07 Å². The Hall–Kier alpha value is -0.680. The molecule has 0 amide bonds. The summed E-state index contributed by atoms with van der Waals surface area (Å²) >= 11 is 2.93. The summed E-state index contributed by atoms with van der Waals surface area (Å²) in [4.78, 5) is 0. The Labute approximate surface area is 82.7 Å². The molecule has 0 aliphatic rings. The Balaban J connectivity index is 2.88. The lowest BCUT2D eigenvalue weighted by molar-refractivity contribution is 0.311. The van der Waals surface area contributed by atoms with Crippen molar-refractivity contribution < 1.29 is 13.9 Å². The zero-order valence-electron chi connectivity index (χ0n) is 6.65. The highest BCUT2D eigenvalue weighted by molar-refractivity contribution is 9.10. The van der Waals surface area contributed by atoms with Crippen LogP contribution in [0.5, 0.6) is 0 Å². The maximum atomic E-state index is 12.9. The molecule has 72 valence electrons. The Bertz CT molecular complexity index is 306. The van der Waals surface area contributed by atoms with Gasteiger partial charge in [0.05, 0.1) is 16.8 Å². The number of rotatable bonds is 3. The van der Waals surface area contributed by atoms with Gasteiger partial charge in [-0.15, -0.1) is 0 Å². The molecule has 13 heavy (non-hydrogen) atoms. The summed E-state index contributed by atoms with van der Waals surface area (Å²) in [5.74, 6) is -1.32. The molecule has 0 fully saturated rings. The molecule has 0 aliphatic carbocycles. The van der Waals surface area contributed by atoms with Crippen LogP contribution in [0.15, 0.2) is 16.6 Å². The first-order valence-corrected chi connectivity index (χ1v) is 4.43. The highest BCUT2D eigenvalue weighted by atomic mass is 79.9. The van der Waals surface area contributed by atoms with Crippen molar-refractivity contribution in [3.63, 3.8) is 0 Å². The molecular formula is C8H8BrF2NO. The van der Waals surface area contributed by atoms with E-state index in [2.05, 4.69) is 21.2 Å². The van der Waals surface area contributed by atoms with E-state index < -0.39 is 11.6 Å². The van der Waals surface area contributed by atoms with Crippen molar-refractivity contribution in [3.05, 3.63) is 28.2 Å². The van der Waals surface area contributed by atoms with Crippen LogP contribution in [-0.2, 0) is 0 Å². The van der Waals surface area contributed by atoms with Gasteiger partial charge in [0.1, 0.15) is 11.6 Å². The number of hydrogen-bond acceptors (Lipinski definition) is 2. The molecule has 0 saturated carbocycles. The Morgan fingerprint density at radius 3 is 2.62 bits per heavy atom. The fourth-order valence-corrected chi connectivity index (χ4v) is 1.19. The Kier molecular flexibility index (Phi) is 3.62. The van der Waals surface area contributed by atoms with Crippen LogP contribution < -0.4 is 5.32 Å². The van der Waals surface area contributed by atoms with E-state index >= 15 is 0 Å². The SMILES string of the molecule is OCCNc1cc(Br)c(F)cc1F. The first-order chi connectivity index (χ1) is 6.15. The predicted molar refractivity (Wildman–Crippen MR) is 49.6 cm³/mol. The van der Waals surface area contributed by atoms with E-state index in [1.807, 2.05) is 0 Å². The van der Waals surface area contributed by atoms with Crippen LogP contribution in [0.1, 0.15) is 0 Å². The summed E-state index contributed by atoms with van der Waals surface area (Å²) in [6, 6.07) is 2.07. The molecule has 1 aromatic carbocycles. The van der Waals surface area contributed by atoms with Gasteiger partial charge < -0.3 is 10.4 Å². The van der Waals surface area contributed by atoms with Gasteiger partial charge >= 0.3 is 0 Å². The molecule has 1 aromatic rings. The van der Waals surface area contributed by atoms with Crippen molar-refractivity contribution in [2.24, 2.45) is 0 Å². The van der Waals surface area contributed by atoms with Gasteiger partial charge in [-0.3, -0.25) is 0 Å². The molecule has 0 spiro atoms. The van der Waals surface area contributed by atoms with Crippen LogP contribution >= 0.6 is 15.9 Å². The average molecular weight is 252 g/mol. The second kappa shape index (κ2) is 4.53. The number of nitrogens with one attached hydrogen (secondary N) is 1. The second-order valence-corrected chi connectivity index (χ2v) is 3.25. The van der Waals surface area contributed by atoms with Gasteiger partial charge in [0, 0.05) is 12.6 Å². The number of hydrogen-bond donors (Lipinski definition) is 2. The van der Waals surface area contributed by atoms with E-state index in [4.69, 9.17) is 5.11 Å². The summed E-state index contributed by atoms with van der Waals surface area (Å²) in [5.41, 5.74) is 0.169. The topological polar surface area (TPSA) is 32.3 Å². The number of halogens is 3. The molecule has 2 nitrogen and oxygen atoms in total. The molecule has 0 aliphatic heterocycles. The summed E-state index contributed by atoms with van der Waals surface area (Å²) in [6.07, 6.45) is 0. The first-order valence-electron chi connectivity index (χ1n) is 3.64. The molecule has 2 N–H and O–H groups in total. The molecule has 0 unspecified atom stereocenters. The molecule has 0 bridgehead atoms. The minimum absolute atomic E-state index is 0.103. The molecule has 0 saturated heterocycles. The van der Waals surface area contributed by atoms with Crippen LogP contribution in [0.3, 0.4) is 0 Å². The lowest BCUT2D eigenvalue weighted by atomic mass is 10.3. The molecule has 0 aromatic heterocycles. The van der Waals surface area contributed by atoms with E-state index in [9.17, 15) is 8.78 Å². The number of aliphatic hydroxyl groups is 1. The third-order valence-electron chi connectivity index (χ3n) is 1.44. The van der Waals surface area contributed by atoms with Crippen LogP contribution in [0.4, 0.5) is 14.5 Å². The van der Waals surface area contributed by atoms with E-state index in [0.29, 0.717) is 0 Å². The fourth-order valence-electron chi connectivity index (χ4n) is 0.849. The second-order valence-electron chi connectivity index (χ2n) is 2.40. The summed E-state index contributed by atoms with van der Waals surface area (Å²) < 4.78 is 25.9. The quantitative estimate of drug-likeness (QED) is 0.807. The van der Waals surface area contributed by atoms with Crippen LogP contribution in [0.25, 0.3) is 0 Å². The smallest absolute Gasteiger partial charge is 0.149 e. The average Bonchev–Trinajstić information content (AvgIpc) is 2.09. The number of aliphatic hydroxyl groups excluding tert-OH is 1. The molecule has 5 heteroatoms. The lowest BCUT2D eigenvalue weighted by Crippen LogP contribution is -2.07. The zero-order valence-corrected chi connectivity index (χ0v) is 8.24. The molecule has 0 radical (unpaired) electrons. The van der Waals surface area contributed by atoms with Crippen LogP contribution in [0.2, 0.25) is 0 Å². The van der Waals surface area contributed by atoms with Gasteiger partial charge in [-0.05, 0) is 22.0 Å². The number of anilines is 1. The summed E-state index contributed by atoms with van der Waals surface area (Å²) in [7, 11) is 0. The summed E-state index contributed by atoms with van der Waals surface area (Å²) in [6.45, 7) is 0.128.